The lowest BCUT2D eigenvalue weighted by Crippen LogP contribution is -2.23. The molecule has 3 nitrogen and oxygen atoms in total. The highest BCUT2D eigenvalue weighted by Gasteiger charge is 2.21. The van der Waals surface area contributed by atoms with E-state index in [0.717, 1.165) is 17.4 Å². The van der Waals surface area contributed by atoms with Crippen LogP contribution >= 0.6 is 11.3 Å². The quantitative estimate of drug-likeness (QED) is 0.793. The molecule has 1 aromatic carbocycles. The average Bonchev–Trinajstić information content (AvgIpc) is 2.65. The number of hydrogen-bond acceptors (Lipinski definition) is 2. The van der Waals surface area contributed by atoms with Crippen LogP contribution in [0.5, 0.6) is 0 Å². The van der Waals surface area contributed by atoms with Gasteiger partial charge in [-0.1, -0.05) is 32.1 Å². The molecule has 2 aromatic rings. The Hall–Kier alpha value is -1.56. The third-order valence-corrected chi connectivity index (χ3v) is 3.88. The molecule has 0 bridgehead atoms. The molecule has 0 aliphatic rings. The second-order valence-electron chi connectivity index (χ2n) is 5.53. The van der Waals surface area contributed by atoms with Gasteiger partial charge in [0.25, 0.3) is 5.91 Å². The molecule has 2 rings (SSSR count). The van der Waals surface area contributed by atoms with Crippen LogP contribution in [0, 0.1) is 17.0 Å². The first-order valence-electron chi connectivity index (χ1n) is 6.31. The second-order valence-corrected chi connectivity index (χ2v) is 6.54. The maximum atomic E-state index is 13.9. The lowest BCUT2D eigenvalue weighted by Gasteiger charge is -2.11. The van der Waals surface area contributed by atoms with E-state index in [1.165, 1.54) is 6.07 Å². The molecule has 1 amide bonds. The van der Waals surface area contributed by atoms with E-state index in [2.05, 4.69) is 4.99 Å². The van der Waals surface area contributed by atoms with E-state index in [0.29, 0.717) is 21.6 Å². The number of aromatic nitrogens is 1. The minimum absolute atomic E-state index is 0.285. The molecule has 6 heteroatoms. The number of aryl methyl sites for hydroxylation is 1. The minimum Gasteiger partial charge on any atom is -0.314 e. The lowest BCUT2D eigenvalue weighted by atomic mass is 9.96. The highest BCUT2D eigenvalue weighted by molar-refractivity contribution is 7.16. The van der Waals surface area contributed by atoms with Gasteiger partial charge in [-0.15, -0.1) is 0 Å². The summed E-state index contributed by atoms with van der Waals surface area (Å²) >= 11 is 1.12. The van der Waals surface area contributed by atoms with Gasteiger partial charge in [-0.3, -0.25) is 4.79 Å². The maximum absolute atomic E-state index is 13.9. The van der Waals surface area contributed by atoms with Crippen LogP contribution in [0.15, 0.2) is 17.1 Å². The van der Waals surface area contributed by atoms with Crippen molar-refractivity contribution in [1.82, 2.24) is 4.57 Å². The Morgan fingerprint density at radius 1 is 1.35 bits per heavy atom. The highest BCUT2D eigenvalue weighted by Crippen LogP contribution is 2.22. The van der Waals surface area contributed by atoms with Crippen LogP contribution in [0.1, 0.15) is 27.7 Å². The number of thiazole rings is 1. The van der Waals surface area contributed by atoms with E-state index in [-0.39, 0.29) is 5.91 Å². The van der Waals surface area contributed by atoms with Crippen molar-refractivity contribution in [2.24, 2.45) is 10.4 Å². The van der Waals surface area contributed by atoms with Crippen LogP contribution < -0.4 is 4.80 Å². The van der Waals surface area contributed by atoms with E-state index < -0.39 is 17.0 Å². The first-order valence-corrected chi connectivity index (χ1v) is 7.13. The molecular formula is C14H16F2N2OS. The first-order chi connectivity index (χ1) is 9.24. The van der Waals surface area contributed by atoms with Gasteiger partial charge in [-0.25, -0.2) is 8.78 Å². The molecule has 0 aliphatic carbocycles. The van der Waals surface area contributed by atoms with E-state index in [9.17, 15) is 13.6 Å². The Kier molecular flexibility index (Phi) is 3.77. The van der Waals surface area contributed by atoms with Gasteiger partial charge in [-0.05, 0) is 13.0 Å². The molecule has 0 saturated carbocycles. The topological polar surface area (TPSA) is 34.4 Å². The van der Waals surface area contributed by atoms with Crippen molar-refractivity contribution in [3.05, 3.63) is 28.6 Å². The van der Waals surface area contributed by atoms with Gasteiger partial charge in [0.2, 0.25) is 0 Å². The number of benzene rings is 1. The van der Waals surface area contributed by atoms with E-state index in [1.807, 2.05) is 6.92 Å². The summed E-state index contributed by atoms with van der Waals surface area (Å²) in [6.45, 7) is 7.59. The molecule has 0 unspecified atom stereocenters. The normalized spacial score (nSPS) is 13.2. The minimum atomic E-state index is -0.636. The summed E-state index contributed by atoms with van der Waals surface area (Å²) in [6, 6.07) is 2.10. The Balaban J connectivity index is 2.75. The first kappa shape index (κ1) is 14.8. The van der Waals surface area contributed by atoms with Crippen molar-refractivity contribution >= 4 is 27.5 Å². The third-order valence-electron chi connectivity index (χ3n) is 2.85. The summed E-state index contributed by atoms with van der Waals surface area (Å²) in [5.74, 6) is -1.55. The standard InChI is InChI=1S/C14H16F2N2OS/c1-5-18-11-9(16)6-8(15)7-10(11)20-13(18)17-12(19)14(2,3)4/h6-7H,5H2,1-4H3. The van der Waals surface area contributed by atoms with Gasteiger partial charge in [0.05, 0.1) is 10.2 Å². The number of amides is 1. The van der Waals surface area contributed by atoms with E-state index >= 15 is 0 Å². The number of nitrogens with zero attached hydrogens (tertiary/aromatic N) is 2. The van der Waals surface area contributed by atoms with Crippen LogP contribution in [-0.4, -0.2) is 10.5 Å². The predicted molar refractivity (Wildman–Crippen MR) is 75.4 cm³/mol. The van der Waals surface area contributed by atoms with Gasteiger partial charge in [-0.2, -0.15) is 4.99 Å². The molecule has 108 valence electrons. The van der Waals surface area contributed by atoms with Gasteiger partial charge in [0.15, 0.2) is 10.6 Å². The average molecular weight is 298 g/mol. The molecule has 20 heavy (non-hydrogen) atoms. The molecule has 0 aliphatic heterocycles. The summed E-state index contributed by atoms with van der Waals surface area (Å²) in [4.78, 5) is 16.4. The monoisotopic (exact) mass is 298 g/mol. The predicted octanol–water partition coefficient (Wildman–Crippen LogP) is 3.47. The Morgan fingerprint density at radius 3 is 2.55 bits per heavy atom. The Labute approximate surface area is 119 Å². The van der Waals surface area contributed by atoms with Crippen molar-refractivity contribution in [1.29, 1.82) is 0 Å². The maximum Gasteiger partial charge on any atom is 0.253 e. The summed E-state index contributed by atoms with van der Waals surface area (Å²) in [6.07, 6.45) is 0. The number of fused-ring (bicyclic) bond motifs is 1. The van der Waals surface area contributed by atoms with Crippen LogP contribution in [0.2, 0.25) is 0 Å². The molecule has 1 heterocycles. The van der Waals surface area contributed by atoms with Crippen LogP contribution in [0.25, 0.3) is 10.2 Å². The largest absolute Gasteiger partial charge is 0.314 e. The van der Waals surface area contributed by atoms with Gasteiger partial charge in [0, 0.05) is 18.0 Å². The molecule has 0 saturated heterocycles. The number of carbonyl (C=O) groups is 1. The fourth-order valence-corrected chi connectivity index (χ4v) is 2.89. The SMILES string of the molecule is CCn1c(=NC(=O)C(C)(C)C)sc2cc(F)cc(F)c21. The molecule has 0 fully saturated rings. The summed E-state index contributed by atoms with van der Waals surface area (Å²) in [7, 11) is 0. The molecule has 0 N–H and O–H groups in total. The van der Waals surface area contributed by atoms with Crippen molar-refractivity contribution in [2.75, 3.05) is 0 Å². The zero-order valence-corrected chi connectivity index (χ0v) is 12.6. The fourth-order valence-electron chi connectivity index (χ4n) is 1.76. The third kappa shape index (κ3) is 2.65. The van der Waals surface area contributed by atoms with E-state index in [1.54, 1.807) is 25.3 Å². The van der Waals surface area contributed by atoms with Crippen molar-refractivity contribution in [2.45, 2.75) is 34.2 Å². The van der Waals surface area contributed by atoms with Crippen molar-refractivity contribution < 1.29 is 13.6 Å². The lowest BCUT2D eigenvalue weighted by molar-refractivity contribution is -0.125. The molecular weight excluding hydrogens is 282 g/mol. The molecule has 0 atom stereocenters. The molecule has 0 spiro atoms. The van der Waals surface area contributed by atoms with Gasteiger partial charge >= 0.3 is 0 Å². The van der Waals surface area contributed by atoms with Gasteiger partial charge < -0.3 is 4.57 Å². The number of hydrogen-bond donors (Lipinski definition) is 0. The zero-order chi connectivity index (χ0) is 15.1. The van der Waals surface area contributed by atoms with Crippen molar-refractivity contribution in [3.8, 4) is 0 Å². The second kappa shape index (κ2) is 5.09. The van der Waals surface area contributed by atoms with Crippen molar-refractivity contribution in [3.63, 3.8) is 0 Å². The van der Waals surface area contributed by atoms with Crippen LogP contribution in [0.3, 0.4) is 0 Å². The highest BCUT2D eigenvalue weighted by atomic mass is 32.1. The smallest absolute Gasteiger partial charge is 0.253 e. The summed E-state index contributed by atoms with van der Waals surface area (Å²) in [5, 5.41) is 0. The zero-order valence-electron chi connectivity index (χ0n) is 11.8. The van der Waals surface area contributed by atoms with E-state index in [4.69, 9.17) is 0 Å². The summed E-state index contributed by atoms with van der Waals surface area (Å²) in [5.41, 5.74) is -0.315. The number of carbonyl (C=O) groups excluding carboxylic acids is 1. The Bertz CT molecular complexity index is 738. The Morgan fingerprint density at radius 2 is 2.00 bits per heavy atom. The van der Waals surface area contributed by atoms with Gasteiger partial charge in [0.1, 0.15) is 5.82 Å². The fraction of sp³-hybridized carbons (Fsp3) is 0.429. The number of halogens is 2. The van der Waals surface area contributed by atoms with Crippen LogP contribution in [-0.2, 0) is 11.3 Å². The molecule has 0 radical (unpaired) electrons. The van der Waals surface area contributed by atoms with Crippen LogP contribution in [0.4, 0.5) is 8.78 Å². The summed E-state index contributed by atoms with van der Waals surface area (Å²) < 4.78 is 29.2. The number of rotatable bonds is 1. The molecule has 1 aromatic heterocycles.